The Morgan fingerprint density at radius 3 is 2.57 bits per heavy atom. The van der Waals surface area contributed by atoms with Crippen LogP contribution in [-0.4, -0.2) is 49.3 Å². The van der Waals surface area contributed by atoms with Gasteiger partial charge in [0.1, 0.15) is 0 Å². The van der Waals surface area contributed by atoms with Gasteiger partial charge < -0.3 is 10.1 Å². The number of anilines is 1. The predicted molar refractivity (Wildman–Crippen MR) is 85.6 cm³/mol. The van der Waals surface area contributed by atoms with Crippen LogP contribution in [0, 0.1) is 0 Å². The van der Waals surface area contributed by atoms with Gasteiger partial charge in [-0.2, -0.15) is 0 Å². The van der Waals surface area contributed by atoms with Gasteiger partial charge in [0.05, 0.1) is 25.4 Å². The van der Waals surface area contributed by atoms with E-state index in [1.54, 1.807) is 23.6 Å². The molecule has 0 fully saturated rings. The second kappa shape index (κ2) is 9.41. The quantitative estimate of drug-likeness (QED) is 0.589. The van der Waals surface area contributed by atoms with Gasteiger partial charge in [-0.3, -0.25) is 14.5 Å². The monoisotopic (exact) mass is 310 g/mol. The zero-order valence-electron chi connectivity index (χ0n) is 12.7. The predicted octanol–water partition coefficient (Wildman–Crippen LogP) is 2.23. The first kappa shape index (κ1) is 17.5. The number of nitrogens with one attached hydrogen (secondary N) is 1. The average molecular weight is 310 g/mol. The molecule has 0 aliphatic rings. The van der Waals surface area contributed by atoms with Crippen molar-refractivity contribution < 1.29 is 14.3 Å². The third-order valence-electron chi connectivity index (χ3n) is 2.85. The van der Waals surface area contributed by atoms with Crippen LogP contribution in [0.3, 0.4) is 0 Å². The van der Waals surface area contributed by atoms with E-state index in [1.165, 1.54) is 0 Å². The topological polar surface area (TPSA) is 58.6 Å². The van der Waals surface area contributed by atoms with Crippen LogP contribution >= 0.6 is 11.8 Å². The highest BCUT2D eigenvalue weighted by molar-refractivity contribution is 7.98. The number of ether oxygens (including phenoxy) is 1. The van der Waals surface area contributed by atoms with E-state index in [1.807, 2.05) is 37.4 Å². The zero-order valence-corrected chi connectivity index (χ0v) is 13.5. The van der Waals surface area contributed by atoms with Gasteiger partial charge in [0, 0.05) is 4.90 Å². The number of amides is 1. The summed E-state index contributed by atoms with van der Waals surface area (Å²) in [7, 11) is 0. The molecule has 1 rings (SSSR count). The minimum atomic E-state index is -0.309. The first-order chi connectivity index (χ1) is 10.1. The summed E-state index contributed by atoms with van der Waals surface area (Å²) in [5.74, 6) is -0.445. The normalized spacial score (nSPS) is 10.5. The minimum absolute atomic E-state index is 0.127. The number of hydrogen-bond acceptors (Lipinski definition) is 5. The zero-order chi connectivity index (χ0) is 15.7. The number of para-hydroxylation sites is 1. The molecule has 1 amide bonds. The van der Waals surface area contributed by atoms with Crippen LogP contribution in [0.4, 0.5) is 5.69 Å². The molecule has 0 saturated carbocycles. The summed E-state index contributed by atoms with van der Waals surface area (Å²) in [6, 6.07) is 7.63. The number of benzene rings is 1. The van der Waals surface area contributed by atoms with E-state index >= 15 is 0 Å². The van der Waals surface area contributed by atoms with Crippen molar-refractivity contribution in [1.82, 2.24) is 4.90 Å². The summed E-state index contributed by atoms with van der Waals surface area (Å²) in [6.07, 6.45) is 1.96. The van der Waals surface area contributed by atoms with E-state index in [-0.39, 0.29) is 25.0 Å². The van der Waals surface area contributed by atoms with Gasteiger partial charge in [0.15, 0.2) is 0 Å². The second-order valence-electron chi connectivity index (χ2n) is 4.36. The maximum atomic E-state index is 12.1. The largest absolute Gasteiger partial charge is 0.465 e. The molecule has 1 aromatic carbocycles. The smallest absolute Gasteiger partial charge is 0.320 e. The minimum Gasteiger partial charge on any atom is -0.465 e. The Balaban J connectivity index is 2.56. The van der Waals surface area contributed by atoms with E-state index < -0.39 is 0 Å². The van der Waals surface area contributed by atoms with Gasteiger partial charge in [-0.25, -0.2) is 0 Å². The molecule has 0 aromatic heterocycles. The number of nitrogens with zero attached hydrogens (tertiary/aromatic N) is 1. The Labute approximate surface area is 130 Å². The fraction of sp³-hybridized carbons (Fsp3) is 0.467. The lowest BCUT2D eigenvalue weighted by molar-refractivity contribution is -0.144. The SMILES string of the molecule is CCOC(=O)CN(CC)CC(=O)Nc1ccccc1SC. The van der Waals surface area contributed by atoms with Gasteiger partial charge in [0.2, 0.25) is 5.91 Å². The number of hydrogen-bond donors (Lipinski definition) is 1. The van der Waals surface area contributed by atoms with Gasteiger partial charge >= 0.3 is 5.97 Å². The molecule has 0 atom stereocenters. The lowest BCUT2D eigenvalue weighted by Gasteiger charge is -2.19. The van der Waals surface area contributed by atoms with E-state index in [0.717, 1.165) is 10.6 Å². The van der Waals surface area contributed by atoms with Crippen LogP contribution in [-0.2, 0) is 14.3 Å². The molecule has 1 N–H and O–H groups in total. The highest BCUT2D eigenvalue weighted by Gasteiger charge is 2.14. The number of thioether (sulfide) groups is 1. The molecule has 0 bridgehead atoms. The summed E-state index contributed by atoms with van der Waals surface area (Å²) < 4.78 is 4.89. The van der Waals surface area contributed by atoms with Crippen LogP contribution in [0.1, 0.15) is 13.8 Å². The summed E-state index contributed by atoms with van der Waals surface area (Å²) in [5.41, 5.74) is 0.794. The molecule has 0 saturated heterocycles. The number of esters is 1. The Kier molecular flexibility index (Phi) is 7.85. The molecular formula is C15H22N2O3S. The molecule has 5 nitrogen and oxygen atoms in total. The Hall–Kier alpha value is -1.53. The molecule has 0 aliphatic carbocycles. The van der Waals surface area contributed by atoms with Gasteiger partial charge in [-0.1, -0.05) is 19.1 Å². The Morgan fingerprint density at radius 2 is 1.95 bits per heavy atom. The molecule has 0 unspecified atom stereocenters. The van der Waals surface area contributed by atoms with E-state index in [2.05, 4.69) is 5.32 Å². The van der Waals surface area contributed by atoms with E-state index in [9.17, 15) is 9.59 Å². The fourth-order valence-electron chi connectivity index (χ4n) is 1.81. The van der Waals surface area contributed by atoms with Crippen molar-refractivity contribution >= 4 is 29.3 Å². The Bertz CT molecular complexity index is 480. The number of carbonyl (C=O) groups excluding carboxylic acids is 2. The molecule has 0 heterocycles. The van der Waals surface area contributed by atoms with Crippen molar-refractivity contribution in [1.29, 1.82) is 0 Å². The third-order valence-corrected chi connectivity index (χ3v) is 3.65. The molecule has 0 radical (unpaired) electrons. The highest BCUT2D eigenvalue weighted by Crippen LogP contribution is 2.24. The molecule has 0 aliphatic heterocycles. The van der Waals surface area contributed by atoms with Crippen molar-refractivity contribution in [2.45, 2.75) is 18.7 Å². The van der Waals surface area contributed by atoms with E-state index in [4.69, 9.17) is 4.74 Å². The standard InChI is InChI=1S/C15H22N2O3S/c1-4-17(11-15(19)20-5-2)10-14(18)16-12-8-6-7-9-13(12)21-3/h6-9H,4-5,10-11H2,1-3H3,(H,16,18). The van der Waals surface area contributed by atoms with Crippen LogP contribution in [0.2, 0.25) is 0 Å². The number of likely N-dealkylation sites (N-methyl/N-ethyl adjacent to an activating group) is 1. The molecule has 116 valence electrons. The third kappa shape index (κ3) is 6.18. The van der Waals surface area contributed by atoms with Crippen molar-refractivity contribution in [3.8, 4) is 0 Å². The molecular weight excluding hydrogens is 288 g/mol. The average Bonchev–Trinajstić information content (AvgIpc) is 2.47. The van der Waals surface area contributed by atoms with Crippen molar-refractivity contribution in [2.24, 2.45) is 0 Å². The molecule has 21 heavy (non-hydrogen) atoms. The number of rotatable bonds is 8. The van der Waals surface area contributed by atoms with Crippen LogP contribution < -0.4 is 5.32 Å². The first-order valence-electron chi connectivity index (χ1n) is 6.91. The summed E-state index contributed by atoms with van der Waals surface area (Å²) in [4.78, 5) is 26.3. The van der Waals surface area contributed by atoms with Crippen molar-refractivity contribution in [3.05, 3.63) is 24.3 Å². The van der Waals surface area contributed by atoms with Gasteiger partial charge in [-0.15, -0.1) is 11.8 Å². The maximum absolute atomic E-state index is 12.1. The summed E-state index contributed by atoms with van der Waals surface area (Å²) >= 11 is 1.58. The number of carbonyl (C=O) groups is 2. The van der Waals surface area contributed by atoms with Gasteiger partial charge in [0.25, 0.3) is 0 Å². The molecule has 0 spiro atoms. The van der Waals surface area contributed by atoms with Crippen LogP contribution in [0.15, 0.2) is 29.2 Å². The van der Waals surface area contributed by atoms with Crippen LogP contribution in [0.25, 0.3) is 0 Å². The van der Waals surface area contributed by atoms with Crippen molar-refractivity contribution in [3.63, 3.8) is 0 Å². The lowest BCUT2D eigenvalue weighted by Crippen LogP contribution is -2.37. The maximum Gasteiger partial charge on any atom is 0.320 e. The van der Waals surface area contributed by atoms with E-state index in [0.29, 0.717) is 13.2 Å². The van der Waals surface area contributed by atoms with Crippen LogP contribution in [0.5, 0.6) is 0 Å². The fourth-order valence-corrected chi connectivity index (χ4v) is 2.36. The van der Waals surface area contributed by atoms with Crippen molar-refractivity contribution in [2.75, 3.05) is 37.8 Å². The molecule has 1 aromatic rings. The summed E-state index contributed by atoms with van der Waals surface area (Å²) in [5, 5.41) is 2.88. The first-order valence-corrected chi connectivity index (χ1v) is 8.14. The lowest BCUT2D eigenvalue weighted by atomic mass is 10.3. The Morgan fingerprint density at radius 1 is 1.24 bits per heavy atom. The second-order valence-corrected chi connectivity index (χ2v) is 5.20. The highest BCUT2D eigenvalue weighted by atomic mass is 32.2. The summed E-state index contributed by atoms with van der Waals surface area (Å²) in [6.45, 7) is 4.92. The molecule has 6 heteroatoms. The van der Waals surface area contributed by atoms with Gasteiger partial charge in [-0.05, 0) is 31.9 Å².